The molecular formula is C12H5FN4O2. The molecule has 19 heavy (non-hydrogen) atoms. The molecule has 1 rings (SSSR count). The van der Waals surface area contributed by atoms with Gasteiger partial charge in [-0.25, -0.2) is 9.18 Å². The van der Waals surface area contributed by atoms with E-state index >= 15 is 0 Å². The SMILES string of the molecule is N#CC(C#N)=C(C#N)Nc1ccc(C(=O)O)cc1F. The lowest BCUT2D eigenvalue weighted by Gasteiger charge is -2.06. The molecule has 0 aliphatic carbocycles. The first kappa shape index (κ1) is 13.7. The molecular weight excluding hydrogens is 251 g/mol. The van der Waals surface area contributed by atoms with Gasteiger partial charge in [-0.05, 0) is 18.2 Å². The summed E-state index contributed by atoms with van der Waals surface area (Å²) in [4.78, 5) is 10.6. The van der Waals surface area contributed by atoms with Gasteiger partial charge in [-0.3, -0.25) is 0 Å². The number of halogens is 1. The van der Waals surface area contributed by atoms with Gasteiger partial charge in [0.2, 0.25) is 0 Å². The third-order valence-corrected chi connectivity index (χ3v) is 2.06. The Labute approximate surface area is 107 Å². The maximum absolute atomic E-state index is 13.6. The number of benzene rings is 1. The third-order valence-electron chi connectivity index (χ3n) is 2.06. The average Bonchev–Trinajstić information content (AvgIpc) is 2.40. The Balaban J connectivity index is 3.19. The molecule has 0 bridgehead atoms. The third kappa shape index (κ3) is 3.06. The number of anilines is 1. The summed E-state index contributed by atoms with van der Waals surface area (Å²) in [5, 5.41) is 36.9. The molecule has 0 saturated carbocycles. The summed E-state index contributed by atoms with van der Waals surface area (Å²) in [6.45, 7) is 0. The van der Waals surface area contributed by atoms with E-state index in [4.69, 9.17) is 20.9 Å². The van der Waals surface area contributed by atoms with Gasteiger partial charge in [0, 0.05) is 0 Å². The monoisotopic (exact) mass is 256 g/mol. The van der Waals surface area contributed by atoms with Crippen molar-refractivity contribution in [1.29, 1.82) is 15.8 Å². The minimum absolute atomic E-state index is 0.204. The topological polar surface area (TPSA) is 121 Å². The zero-order valence-corrected chi connectivity index (χ0v) is 9.31. The lowest BCUT2D eigenvalue weighted by molar-refractivity contribution is 0.0696. The van der Waals surface area contributed by atoms with Crippen LogP contribution in [0.1, 0.15) is 10.4 Å². The van der Waals surface area contributed by atoms with Crippen molar-refractivity contribution in [3.8, 4) is 18.2 Å². The van der Waals surface area contributed by atoms with Crippen molar-refractivity contribution in [2.24, 2.45) is 0 Å². The van der Waals surface area contributed by atoms with Crippen molar-refractivity contribution in [2.45, 2.75) is 0 Å². The van der Waals surface area contributed by atoms with Crippen LogP contribution in [-0.2, 0) is 0 Å². The van der Waals surface area contributed by atoms with Crippen LogP contribution in [0, 0.1) is 39.8 Å². The molecule has 0 fully saturated rings. The van der Waals surface area contributed by atoms with Crippen LogP contribution >= 0.6 is 0 Å². The Kier molecular flexibility index (Phi) is 4.19. The number of carboxylic acids is 1. The van der Waals surface area contributed by atoms with Crippen LogP contribution in [0.25, 0.3) is 0 Å². The number of allylic oxidation sites excluding steroid dienone is 2. The fourth-order valence-corrected chi connectivity index (χ4v) is 1.17. The maximum atomic E-state index is 13.6. The van der Waals surface area contributed by atoms with Crippen molar-refractivity contribution < 1.29 is 14.3 Å². The predicted octanol–water partition coefficient (Wildman–Crippen LogP) is 1.76. The van der Waals surface area contributed by atoms with Crippen LogP contribution in [0.2, 0.25) is 0 Å². The van der Waals surface area contributed by atoms with E-state index < -0.39 is 23.1 Å². The smallest absolute Gasteiger partial charge is 0.335 e. The molecule has 1 aromatic rings. The van der Waals surface area contributed by atoms with Gasteiger partial charge in [-0.1, -0.05) is 0 Å². The highest BCUT2D eigenvalue weighted by atomic mass is 19.1. The molecule has 6 nitrogen and oxygen atoms in total. The number of nitriles is 3. The quantitative estimate of drug-likeness (QED) is 0.794. The van der Waals surface area contributed by atoms with Crippen LogP contribution in [0.5, 0.6) is 0 Å². The van der Waals surface area contributed by atoms with E-state index in [1.54, 1.807) is 6.07 Å². The maximum Gasteiger partial charge on any atom is 0.335 e. The molecule has 0 amide bonds. The zero-order chi connectivity index (χ0) is 14.4. The number of carboxylic acid groups (broad SMARTS) is 1. The van der Waals surface area contributed by atoms with Crippen molar-refractivity contribution in [2.75, 3.05) is 5.32 Å². The molecule has 0 atom stereocenters. The first-order valence-electron chi connectivity index (χ1n) is 4.78. The average molecular weight is 256 g/mol. The lowest BCUT2D eigenvalue weighted by Crippen LogP contribution is -2.04. The second-order valence-electron chi connectivity index (χ2n) is 3.21. The molecule has 2 N–H and O–H groups in total. The summed E-state index contributed by atoms with van der Waals surface area (Å²) in [5.41, 5.74) is -1.37. The molecule has 0 aromatic heterocycles. The van der Waals surface area contributed by atoms with E-state index in [-0.39, 0.29) is 11.3 Å². The minimum atomic E-state index is -1.30. The molecule has 0 unspecified atom stereocenters. The van der Waals surface area contributed by atoms with Gasteiger partial charge in [0.15, 0.2) is 5.57 Å². The summed E-state index contributed by atoms with van der Waals surface area (Å²) >= 11 is 0. The summed E-state index contributed by atoms with van der Waals surface area (Å²) < 4.78 is 13.6. The van der Waals surface area contributed by atoms with E-state index in [2.05, 4.69) is 5.32 Å². The Hall–Kier alpha value is -3.37. The summed E-state index contributed by atoms with van der Waals surface area (Å²) in [5.74, 6) is -2.21. The number of nitrogens with one attached hydrogen (secondary N) is 1. The van der Waals surface area contributed by atoms with Crippen molar-refractivity contribution >= 4 is 11.7 Å². The largest absolute Gasteiger partial charge is 0.478 e. The van der Waals surface area contributed by atoms with Crippen LogP contribution in [-0.4, -0.2) is 11.1 Å². The Bertz CT molecular complexity index is 673. The molecule has 1 aromatic carbocycles. The highest BCUT2D eigenvalue weighted by Crippen LogP contribution is 2.18. The van der Waals surface area contributed by atoms with Gasteiger partial charge in [-0.2, -0.15) is 15.8 Å². The number of rotatable bonds is 3. The van der Waals surface area contributed by atoms with Crippen molar-refractivity contribution in [1.82, 2.24) is 0 Å². The number of hydrogen-bond donors (Lipinski definition) is 2. The molecule has 0 aliphatic heterocycles. The van der Waals surface area contributed by atoms with Crippen LogP contribution in [0.4, 0.5) is 10.1 Å². The summed E-state index contributed by atoms with van der Waals surface area (Å²) in [6.07, 6.45) is 0. The molecule has 0 saturated heterocycles. The second-order valence-corrected chi connectivity index (χ2v) is 3.21. The molecule has 0 heterocycles. The molecule has 0 aliphatic rings. The van der Waals surface area contributed by atoms with E-state index in [9.17, 15) is 9.18 Å². The van der Waals surface area contributed by atoms with Gasteiger partial charge >= 0.3 is 5.97 Å². The van der Waals surface area contributed by atoms with Crippen LogP contribution < -0.4 is 5.32 Å². The fraction of sp³-hybridized carbons (Fsp3) is 0. The van der Waals surface area contributed by atoms with Crippen molar-refractivity contribution in [3.05, 3.63) is 40.8 Å². The van der Waals surface area contributed by atoms with E-state index in [0.29, 0.717) is 0 Å². The molecule has 7 heteroatoms. The van der Waals surface area contributed by atoms with Gasteiger partial charge in [-0.15, -0.1) is 0 Å². The standard InChI is InChI=1S/C12H5FN4O2/c13-9-3-7(12(18)19)1-2-10(9)17-11(6-16)8(4-14)5-15/h1-3,17H,(H,18,19). The van der Waals surface area contributed by atoms with E-state index in [1.165, 1.54) is 12.1 Å². The summed E-state index contributed by atoms with van der Waals surface area (Å²) in [6, 6.07) is 7.52. The number of hydrogen-bond acceptors (Lipinski definition) is 5. The number of nitrogens with zero attached hydrogens (tertiary/aromatic N) is 3. The Morgan fingerprint density at radius 1 is 1.21 bits per heavy atom. The Morgan fingerprint density at radius 2 is 1.84 bits per heavy atom. The molecule has 0 spiro atoms. The van der Waals surface area contributed by atoms with Crippen LogP contribution in [0.15, 0.2) is 29.5 Å². The highest BCUT2D eigenvalue weighted by molar-refractivity contribution is 5.88. The molecule has 0 radical (unpaired) electrons. The number of carbonyl (C=O) groups is 1. The minimum Gasteiger partial charge on any atom is -0.478 e. The molecule has 92 valence electrons. The second kappa shape index (κ2) is 5.81. The number of aromatic carboxylic acids is 1. The van der Waals surface area contributed by atoms with Gasteiger partial charge in [0.05, 0.1) is 11.3 Å². The van der Waals surface area contributed by atoms with Gasteiger partial charge < -0.3 is 10.4 Å². The van der Waals surface area contributed by atoms with E-state index in [1.807, 2.05) is 0 Å². The fourth-order valence-electron chi connectivity index (χ4n) is 1.17. The lowest BCUT2D eigenvalue weighted by atomic mass is 10.2. The van der Waals surface area contributed by atoms with Crippen LogP contribution in [0.3, 0.4) is 0 Å². The predicted molar refractivity (Wildman–Crippen MR) is 60.8 cm³/mol. The highest BCUT2D eigenvalue weighted by Gasteiger charge is 2.11. The normalized spacial score (nSPS) is 8.53. The first-order valence-corrected chi connectivity index (χ1v) is 4.78. The van der Waals surface area contributed by atoms with E-state index in [0.717, 1.165) is 18.2 Å². The van der Waals surface area contributed by atoms with Gasteiger partial charge in [0.25, 0.3) is 0 Å². The van der Waals surface area contributed by atoms with Crippen molar-refractivity contribution in [3.63, 3.8) is 0 Å². The zero-order valence-electron chi connectivity index (χ0n) is 9.31. The first-order chi connectivity index (χ1) is 9.03. The Morgan fingerprint density at radius 3 is 2.26 bits per heavy atom. The summed E-state index contributed by atoms with van der Waals surface area (Å²) in [7, 11) is 0. The van der Waals surface area contributed by atoms with Gasteiger partial charge in [0.1, 0.15) is 29.7 Å².